The van der Waals surface area contributed by atoms with Crippen LogP contribution < -0.4 is 5.32 Å². The molecule has 0 saturated heterocycles. The minimum absolute atomic E-state index is 0.277. The predicted octanol–water partition coefficient (Wildman–Crippen LogP) is 4.03. The molecule has 1 aliphatic rings. The van der Waals surface area contributed by atoms with Gasteiger partial charge in [-0.3, -0.25) is 0 Å². The molecule has 0 fully saturated rings. The third-order valence-electron chi connectivity index (χ3n) is 4.91. The molecule has 7 nitrogen and oxygen atoms in total. The van der Waals surface area contributed by atoms with E-state index in [0.29, 0.717) is 29.2 Å². The Morgan fingerprint density at radius 2 is 2.03 bits per heavy atom. The van der Waals surface area contributed by atoms with Crippen molar-refractivity contribution in [1.29, 1.82) is 0 Å². The third kappa shape index (κ3) is 3.82. The van der Waals surface area contributed by atoms with Gasteiger partial charge in [0.2, 0.25) is 0 Å². The van der Waals surface area contributed by atoms with Crippen molar-refractivity contribution >= 4 is 29.3 Å². The number of anilines is 1. The Balaban J connectivity index is 1.63. The Labute approximate surface area is 172 Å². The van der Waals surface area contributed by atoms with E-state index >= 15 is 0 Å². The number of aromatic nitrogens is 2. The van der Waals surface area contributed by atoms with E-state index in [-0.39, 0.29) is 12.1 Å². The van der Waals surface area contributed by atoms with Crippen molar-refractivity contribution in [3.05, 3.63) is 82.4 Å². The van der Waals surface area contributed by atoms with Gasteiger partial charge >= 0.3 is 12.0 Å². The maximum Gasteiger partial charge on any atom is 0.337 e. The van der Waals surface area contributed by atoms with Crippen LogP contribution in [0.15, 0.2) is 54.9 Å². The SMILES string of the molecule is COC(=O)c1cccc(NC(=O)N2CCc3[nH]cnc3C2c2ccc(Cl)cc2)c1. The molecule has 1 atom stereocenters. The van der Waals surface area contributed by atoms with Crippen LogP contribution in [0.2, 0.25) is 5.02 Å². The van der Waals surface area contributed by atoms with Crippen molar-refractivity contribution in [3.63, 3.8) is 0 Å². The van der Waals surface area contributed by atoms with Crippen LogP contribution in [0, 0.1) is 0 Å². The minimum Gasteiger partial charge on any atom is -0.465 e. The smallest absolute Gasteiger partial charge is 0.337 e. The fourth-order valence-corrected chi connectivity index (χ4v) is 3.64. The second-order valence-corrected chi connectivity index (χ2v) is 7.10. The topological polar surface area (TPSA) is 87.3 Å². The van der Waals surface area contributed by atoms with Gasteiger partial charge in [-0.1, -0.05) is 29.8 Å². The van der Waals surface area contributed by atoms with Gasteiger partial charge in [-0.2, -0.15) is 0 Å². The maximum atomic E-state index is 13.1. The number of methoxy groups -OCH3 is 1. The number of esters is 1. The summed E-state index contributed by atoms with van der Waals surface area (Å²) in [5.41, 5.74) is 3.63. The summed E-state index contributed by atoms with van der Waals surface area (Å²) in [6, 6.07) is 13.4. The monoisotopic (exact) mass is 410 g/mol. The molecule has 148 valence electrons. The zero-order chi connectivity index (χ0) is 20.4. The highest BCUT2D eigenvalue weighted by atomic mass is 35.5. The van der Waals surface area contributed by atoms with E-state index in [1.807, 2.05) is 12.1 Å². The zero-order valence-corrected chi connectivity index (χ0v) is 16.4. The highest BCUT2D eigenvalue weighted by Gasteiger charge is 2.34. The quantitative estimate of drug-likeness (QED) is 0.638. The summed E-state index contributed by atoms with van der Waals surface area (Å²) in [6.45, 7) is 0.519. The van der Waals surface area contributed by atoms with Crippen LogP contribution in [-0.4, -0.2) is 40.5 Å². The van der Waals surface area contributed by atoms with Gasteiger partial charge in [-0.25, -0.2) is 14.6 Å². The number of amides is 2. The third-order valence-corrected chi connectivity index (χ3v) is 5.16. The van der Waals surface area contributed by atoms with Gasteiger partial charge < -0.3 is 19.9 Å². The van der Waals surface area contributed by atoms with Crippen LogP contribution in [0.3, 0.4) is 0 Å². The molecular weight excluding hydrogens is 392 g/mol. The molecule has 1 aromatic heterocycles. The Kier molecular flexibility index (Phi) is 5.22. The van der Waals surface area contributed by atoms with Gasteiger partial charge in [0.1, 0.15) is 6.04 Å². The lowest BCUT2D eigenvalue weighted by Crippen LogP contribution is -2.43. The van der Waals surface area contributed by atoms with E-state index in [9.17, 15) is 9.59 Å². The summed E-state index contributed by atoms with van der Waals surface area (Å²) in [6.07, 6.45) is 2.32. The molecule has 3 aromatic rings. The lowest BCUT2D eigenvalue weighted by atomic mass is 9.96. The number of rotatable bonds is 3. The van der Waals surface area contributed by atoms with Crippen LogP contribution in [0.1, 0.15) is 33.4 Å². The first-order valence-corrected chi connectivity index (χ1v) is 9.48. The van der Waals surface area contributed by atoms with Crippen LogP contribution in [0.5, 0.6) is 0 Å². The first-order chi connectivity index (χ1) is 14.1. The number of imidazole rings is 1. The average Bonchev–Trinajstić information content (AvgIpc) is 3.22. The van der Waals surface area contributed by atoms with E-state index in [1.54, 1.807) is 47.6 Å². The molecule has 0 saturated carbocycles. The fourth-order valence-electron chi connectivity index (χ4n) is 3.52. The second-order valence-electron chi connectivity index (χ2n) is 6.67. The largest absolute Gasteiger partial charge is 0.465 e. The van der Waals surface area contributed by atoms with Gasteiger partial charge in [0.25, 0.3) is 0 Å². The molecule has 29 heavy (non-hydrogen) atoms. The number of ether oxygens (including phenoxy) is 1. The van der Waals surface area contributed by atoms with Crippen LogP contribution in [0.25, 0.3) is 0 Å². The molecule has 1 unspecified atom stereocenters. The number of carbonyl (C=O) groups is 2. The van der Waals surface area contributed by atoms with Crippen LogP contribution in [0.4, 0.5) is 10.5 Å². The van der Waals surface area contributed by atoms with Crippen LogP contribution in [-0.2, 0) is 11.2 Å². The Morgan fingerprint density at radius 3 is 2.79 bits per heavy atom. The highest BCUT2D eigenvalue weighted by molar-refractivity contribution is 6.30. The standard InChI is InChI=1S/C21H19ClN4O3/c1-29-20(27)14-3-2-4-16(11-14)25-21(28)26-10-9-17-18(24-12-23-17)19(26)13-5-7-15(22)8-6-13/h2-8,11-12,19H,9-10H2,1H3,(H,23,24)(H,25,28). The Bertz CT molecular complexity index is 1050. The lowest BCUT2D eigenvalue weighted by molar-refractivity contribution is 0.0600. The lowest BCUT2D eigenvalue weighted by Gasteiger charge is -2.35. The molecule has 0 radical (unpaired) electrons. The van der Waals surface area contributed by atoms with Crippen molar-refractivity contribution in [3.8, 4) is 0 Å². The van der Waals surface area contributed by atoms with Crippen molar-refractivity contribution in [2.24, 2.45) is 0 Å². The summed E-state index contributed by atoms with van der Waals surface area (Å²) in [7, 11) is 1.32. The fraction of sp³-hybridized carbons (Fsp3) is 0.190. The average molecular weight is 411 g/mol. The van der Waals surface area contributed by atoms with Crippen molar-refractivity contribution in [2.75, 3.05) is 19.0 Å². The molecule has 2 amide bonds. The number of nitrogens with one attached hydrogen (secondary N) is 2. The van der Waals surface area contributed by atoms with Crippen molar-refractivity contribution < 1.29 is 14.3 Å². The van der Waals surface area contributed by atoms with Crippen molar-refractivity contribution in [1.82, 2.24) is 14.9 Å². The number of urea groups is 1. The normalized spacial score (nSPS) is 15.5. The summed E-state index contributed by atoms with van der Waals surface area (Å²) in [5, 5.41) is 3.51. The molecule has 0 aliphatic carbocycles. The van der Waals surface area contributed by atoms with E-state index in [0.717, 1.165) is 17.0 Å². The number of hydrogen-bond donors (Lipinski definition) is 2. The number of hydrogen-bond acceptors (Lipinski definition) is 4. The number of carbonyl (C=O) groups excluding carboxylic acids is 2. The van der Waals surface area contributed by atoms with Gasteiger partial charge in [-0.15, -0.1) is 0 Å². The van der Waals surface area contributed by atoms with Crippen molar-refractivity contribution in [2.45, 2.75) is 12.5 Å². The molecule has 4 rings (SSSR count). The number of halogens is 1. The minimum atomic E-state index is -0.459. The molecular formula is C21H19ClN4O3. The van der Waals surface area contributed by atoms with E-state index in [2.05, 4.69) is 15.3 Å². The number of aromatic amines is 1. The Hall–Kier alpha value is -3.32. The molecule has 1 aliphatic heterocycles. The van der Waals surface area contributed by atoms with Gasteiger partial charge in [0.15, 0.2) is 0 Å². The van der Waals surface area contributed by atoms with E-state index < -0.39 is 5.97 Å². The highest BCUT2D eigenvalue weighted by Crippen LogP contribution is 2.34. The molecule has 2 heterocycles. The molecule has 0 spiro atoms. The van der Waals surface area contributed by atoms with Gasteiger partial charge in [-0.05, 0) is 35.9 Å². The number of nitrogens with zero attached hydrogens (tertiary/aromatic N) is 2. The molecule has 0 bridgehead atoms. The summed E-state index contributed by atoms with van der Waals surface area (Å²) in [5.74, 6) is -0.459. The van der Waals surface area contributed by atoms with E-state index in [1.165, 1.54) is 7.11 Å². The summed E-state index contributed by atoms with van der Waals surface area (Å²) < 4.78 is 4.74. The van der Waals surface area contributed by atoms with Gasteiger partial charge in [0, 0.05) is 29.4 Å². The van der Waals surface area contributed by atoms with Gasteiger partial charge in [0.05, 0.1) is 24.7 Å². The Morgan fingerprint density at radius 1 is 1.24 bits per heavy atom. The van der Waals surface area contributed by atoms with E-state index in [4.69, 9.17) is 16.3 Å². The molecule has 8 heteroatoms. The first kappa shape index (κ1) is 19.0. The number of fused-ring (bicyclic) bond motifs is 1. The molecule has 2 aromatic carbocycles. The zero-order valence-electron chi connectivity index (χ0n) is 15.7. The first-order valence-electron chi connectivity index (χ1n) is 9.10. The second kappa shape index (κ2) is 7.97. The summed E-state index contributed by atoms with van der Waals surface area (Å²) in [4.78, 5) is 34.2. The predicted molar refractivity (Wildman–Crippen MR) is 109 cm³/mol. The van der Waals surface area contributed by atoms with Crippen LogP contribution >= 0.6 is 11.6 Å². The summed E-state index contributed by atoms with van der Waals surface area (Å²) >= 11 is 6.04. The number of H-pyrrole nitrogens is 1. The maximum absolute atomic E-state index is 13.1. The molecule has 2 N–H and O–H groups in total. The number of benzene rings is 2.